The Balaban J connectivity index is 3.12. The van der Waals surface area contributed by atoms with Gasteiger partial charge in [0, 0.05) is 13.2 Å². The van der Waals surface area contributed by atoms with Crippen molar-refractivity contribution in [2.24, 2.45) is 0 Å². The van der Waals surface area contributed by atoms with Gasteiger partial charge in [-0.05, 0) is 13.8 Å². The first kappa shape index (κ1) is 14.6. The van der Waals surface area contributed by atoms with Crippen LogP contribution in [0.1, 0.15) is 23.1 Å². The molecule has 1 atom stereocenters. The van der Waals surface area contributed by atoms with E-state index in [0.717, 1.165) is 0 Å². The molecular formula is C9H15N3O5S. The van der Waals surface area contributed by atoms with Crippen LogP contribution in [0.3, 0.4) is 0 Å². The van der Waals surface area contributed by atoms with Crippen LogP contribution in [0.4, 0.5) is 0 Å². The maximum Gasteiger partial charge on any atom is 0.357 e. The number of carboxylic acids is 1. The summed E-state index contributed by atoms with van der Waals surface area (Å²) in [5.74, 6) is -1.40. The monoisotopic (exact) mass is 277 g/mol. The molecule has 1 unspecified atom stereocenters. The fourth-order valence-electron chi connectivity index (χ4n) is 1.50. The van der Waals surface area contributed by atoms with Crippen LogP contribution in [-0.4, -0.2) is 49.4 Å². The van der Waals surface area contributed by atoms with Gasteiger partial charge in [-0.2, -0.15) is 5.10 Å². The number of aryl methyl sites for hydroxylation is 1. The molecule has 1 heterocycles. The largest absolute Gasteiger partial charge is 0.476 e. The van der Waals surface area contributed by atoms with Crippen molar-refractivity contribution in [1.82, 2.24) is 14.9 Å². The van der Waals surface area contributed by atoms with E-state index in [-0.39, 0.29) is 17.2 Å². The van der Waals surface area contributed by atoms with Crippen LogP contribution in [0.15, 0.2) is 4.90 Å². The van der Waals surface area contributed by atoms with E-state index in [1.807, 2.05) is 0 Å². The first-order chi connectivity index (χ1) is 8.29. The molecule has 0 saturated carbocycles. The average molecular weight is 277 g/mol. The van der Waals surface area contributed by atoms with Gasteiger partial charge >= 0.3 is 5.97 Å². The Labute approximate surface area is 104 Å². The number of nitrogens with one attached hydrogen (secondary N) is 2. The van der Waals surface area contributed by atoms with Gasteiger partial charge in [-0.3, -0.25) is 5.10 Å². The number of ether oxygens (including phenoxy) is 1. The van der Waals surface area contributed by atoms with E-state index in [4.69, 9.17) is 9.84 Å². The van der Waals surface area contributed by atoms with Gasteiger partial charge in [-0.25, -0.2) is 17.9 Å². The first-order valence-electron chi connectivity index (χ1n) is 5.09. The van der Waals surface area contributed by atoms with Crippen LogP contribution >= 0.6 is 0 Å². The van der Waals surface area contributed by atoms with Crippen molar-refractivity contribution < 1.29 is 23.1 Å². The van der Waals surface area contributed by atoms with E-state index in [1.165, 1.54) is 14.0 Å². The zero-order valence-corrected chi connectivity index (χ0v) is 11.0. The molecule has 0 saturated heterocycles. The van der Waals surface area contributed by atoms with Gasteiger partial charge < -0.3 is 9.84 Å². The van der Waals surface area contributed by atoms with Crippen LogP contribution in [0.5, 0.6) is 0 Å². The minimum Gasteiger partial charge on any atom is -0.476 e. The summed E-state index contributed by atoms with van der Waals surface area (Å²) >= 11 is 0. The Morgan fingerprint density at radius 1 is 1.61 bits per heavy atom. The zero-order chi connectivity index (χ0) is 13.9. The highest BCUT2D eigenvalue weighted by molar-refractivity contribution is 7.89. The number of H-pyrrole nitrogens is 1. The number of hydrogen-bond donors (Lipinski definition) is 3. The lowest BCUT2D eigenvalue weighted by molar-refractivity contribution is 0.0686. The molecule has 0 aliphatic carbocycles. The Bertz CT molecular complexity index is 536. The minimum absolute atomic E-state index is 0.171. The van der Waals surface area contributed by atoms with Crippen LogP contribution < -0.4 is 4.72 Å². The summed E-state index contributed by atoms with van der Waals surface area (Å²) in [7, 11) is -2.51. The van der Waals surface area contributed by atoms with Crippen LogP contribution in [0.25, 0.3) is 0 Å². The summed E-state index contributed by atoms with van der Waals surface area (Å²) in [4.78, 5) is 10.5. The maximum atomic E-state index is 12.0. The van der Waals surface area contributed by atoms with E-state index in [1.54, 1.807) is 6.92 Å². The summed E-state index contributed by atoms with van der Waals surface area (Å²) in [5, 5.41) is 14.7. The van der Waals surface area contributed by atoms with Crippen molar-refractivity contribution in [1.29, 1.82) is 0 Å². The highest BCUT2D eigenvalue weighted by Crippen LogP contribution is 2.17. The fourth-order valence-corrected chi connectivity index (χ4v) is 3.05. The average Bonchev–Trinajstić information content (AvgIpc) is 2.60. The summed E-state index contributed by atoms with van der Waals surface area (Å²) < 4.78 is 31.2. The maximum absolute atomic E-state index is 12.0. The second-order valence-corrected chi connectivity index (χ2v) is 5.46. The molecule has 0 bridgehead atoms. The lowest BCUT2D eigenvalue weighted by atomic mass is 10.4. The normalized spacial score (nSPS) is 13.5. The third-order valence-corrected chi connectivity index (χ3v) is 3.89. The number of methoxy groups -OCH3 is 1. The lowest BCUT2D eigenvalue weighted by Gasteiger charge is -2.13. The van der Waals surface area contributed by atoms with Gasteiger partial charge in [0.15, 0.2) is 5.69 Å². The van der Waals surface area contributed by atoms with Gasteiger partial charge in [0.2, 0.25) is 10.0 Å². The van der Waals surface area contributed by atoms with E-state index in [9.17, 15) is 13.2 Å². The van der Waals surface area contributed by atoms with Crippen molar-refractivity contribution in [3.8, 4) is 0 Å². The number of nitrogens with zero attached hydrogens (tertiary/aromatic N) is 1. The second kappa shape index (κ2) is 5.46. The molecule has 1 rings (SSSR count). The Kier molecular flexibility index (Phi) is 4.43. The molecule has 1 aromatic rings. The van der Waals surface area contributed by atoms with Crippen molar-refractivity contribution in [3.63, 3.8) is 0 Å². The number of aromatic nitrogens is 2. The molecule has 0 amide bonds. The van der Waals surface area contributed by atoms with Crippen molar-refractivity contribution in [3.05, 3.63) is 11.4 Å². The molecule has 0 fully saturated rings. The molecule has 0 spiro atoms. The van der Waals surface area contributed by atoms with E-state index in [2.05, 4.69) is 14.9 Å². The van der Waals surface area contributed by atoms with E-state index >= 15 is 0 Å². The summed E-state index contributed by atoms with van der Waals surface area (Å²) in [6.45, 7) is 3.23. The van der Waals surface area contributed by atoms with Crippen LogP contribution in [0.2, 0.25) is 0 Å². The highest BCUT2D eigenvalue weighted by Gasteiger charge is 2.29. The quantitative estimate of drug-likeness (QED) is 0.658. The molecule has 8 nitrogen and oxygen atoms in total. The van der Waals surface area contributed by atoms with Gasteiger partial charge in [0.05, 0.1) is 12.3 Å². The third-order valence-electron chi connectivity index (χ3n) is 2.14. The SMILES string of the molecule is COCC(C)NS(=O)(=O)c1c(C(=O)O)n[nH]c1C. The smallest absolute Gasteiger partial charge is 0.357 e. The van der Waals surface area contributed by atoms with Gasteiger partial charge in [-0.15, -0.1) is 0 Å². The number of carboxylic acid groups (broad SMARTS) is 1. The van der Waals surface area contributed by atoms with Crippen molar-refractivity contribution >= 4 is 16.0 Å². The summed E-state index contributed by atoms with van der Waals surface area (Å²) in [6, 6.07) is -0.476. The molecule has 3 N–H and O–H groups in total. The predicted octanol–water partition coefficient (Wildman–Crippen LogP) is -0.270. The first-order valence-corrected chi connectivity index (χ1v) is 6.57. The molecule has 0 aliphatic heterocycles. The topological polar surface area (TPSA) is 121 Å². The number of hydrogen-bond acceptors (Lipinski definition) is 5. The number of aromatic amines is 1. The molecule has 0 radical (unpaired) electrons. The summed E-state index contributed by atoms with van der Waals surface area (Å²) in [6.07, 6.45) is 0. The summed E-state index contributed by atoms with van der Waals surface area (Å²) in [5.41, 5.74) is -0.353. The van der Waals surface area contributed by atoms with Gasteiger partial charge in [0.1, 0.15) is 4.90 Å². The van der Waals surface area contributed by atoms with E-state index < -0.39 is 27.7 Å². The molecule has 18 heavy (non-hydrogen) atoms. The second-order valence-electron chi connectivity index (χ2n) is 3.81. The predicted molar refractivity (Wildman–Crippen MR) is 61.9 cm³/mol. The molecule has 9 heteroatoms. The van der Waals surface area contributed by atoms with Crippen molar-refractivity contribution in [2.45, 2.75) is 24.8 Å². The third kappa shape index (κ3) is 3.06. The standard InChI is InChI=1S/C9H15N3O5S/c1-5(4-17-3)12-18(15,16)8-6(2)10-11-7(8)9(13)14/h5,12H,4H2,1-3H3,(H,10,11)(H,13,14). The Hall–Kier alpha value is -1.45. The number of aromatic carboxylic acids is 1. The number of sulfonamides is 1. The molecule has 1 aromatic heterocycles. The van der Waals surface area contributed by atoms with Crippen molar-refractivity contribution in [2.75, 3.05) is 13.7 Å². The van der Waals surface area contributed by atoms with E-state index in [0.29, 0.717) is 0 Å². The molecule has 0 aliphatic rings. The Morgan fingerprint density at radius 2 is 2.22 bits per heavy atom. The van der Waals surface area contributed by atoms with Crippen LogP contribution in [0, 0.1) is 6.92 Å². The van der Waals surface area contributed by atoms with Gasteiger partial charge in [0.25, 0.3) is 0 Å². The fraction of sp³-hybridized carbons (Fsp3) is 0.556. The number of rotatable bonds is 6. The Morgan fingerprint density at radius 3 is 2.72 bits per heavy atom. The minimum atomic E-state index is -3.95. The number of carbonyl (C=O) groups is 1. The zero-order valence-electron chi connectivity index (χ0n) is 10.2. The molecular weight excluding hydrogens is 262 g/mol. The molecule has 0 aromatic carbocycles. The molecule has 102 valence electrons. The highest BCUT2D eigenvalue weighted by atomic mass is 32.2. The van der Waals surface area contributed by atoms with Crippen LogP contribution in [-0.2, 0) is 14.8 Å². The van der Waals surface area contributed by atoms with Gasteiger partial charge in [-0.1, -0.05) is 0 Å². The lowest BCUT2D eigenvalue weighted by Crippen LogP contribution is -2.36.